The molecule has 8 nitrogen and oxygen atoms in total. The Morgan fingerprint density at radius 3 is 2.29 bits per heavy atom. The highest BCUT2D eigenvalue weighted by Crippen LogP contribution is 2.28. The van der Waals surface area contributed by atoms with Gasteiger partial charge in [0, 0.05) is 5.02 Å². The molecule has 0 atom stereocenters. The SMILES string of the molecule is CCOC(=O)c1c(C)oc(NC(=O)COc2cc(C)c(Cl)c(C)c2)c1C(N)=O. The number of nitrogens with two attached hydrogens (primary N) is 1. The number of carbonyl (C=O) groups is 3. The highest BCUT2D eigenvalue weighted by Gasteiger charge is 2.29. The smallest absolute Gasteiger partial charge is 0.342 e. The van der Waals surface area contributed by atoms with Crippen LogP contribution < -0.4 is 15.8 Å². The zero-order valence-electron chi connectivity index (χ0n) is 16.0. The molecular formula is C19H21ClN2O6. The molecule has 0 radical (unpaired) electrons. The first-order chi connectivity index (χ1) is 13.1. The lowest BCUT2D eigenvalue weighted by Crippen LogP contribution is -2.23. The van der Waals surface area contributed by atoms with Crippen LogP contribution in [0.2, 0.25) is 5.02 Å². The Kier molecular flexibility index (Phi) is 6.69. The van der Waals surface area contributed by atoms with Crippen LogP contribution in [-0.4, -0.2) is 31.0 Å². The molecule has 1 aromatic heterocycles. The third kappa shape index (κ3) is 4.64. The van der Waals surface area contributed by atoms with Gasteiger partial charge in [-0.05, 0) is 51.0 Å². The fourth-order valence-corrected chi connectivity index (χ4v) is 2.73. The lowest BCUT2D eigenvalue weighted by molar-refractivity contribution is -0.118. The van der Waals surface area contributed by atoms with Crippen LogP contribution in [0.25, 0.3) is 0 Å². The van der Waals surface area contributed by atoms with Crippen LogP contribution in [-0.2, 0) is 9.53 Å². The number of hydrogen-bond acceptors (Lipinski definition) is 6. The predicted molar refractivity (Wildman–Crippen MR) is 103 cm³/mol. The van der Waals surface area contributed by atoms with Crippen molar-refractivity contribution in [2.24, 2.45) is 5.73 Å². The van der Waals surface area contributed by atoms with Crippen molar-refractivity contribution >= 4 is 35.3 Å². The summed E-state index contributed by atoms with van der Waals surface area (Å²) >= 11 is 6.10. The second kappa shape index (κ2) is 8.79. The van der Waals surface area contributed by atoms with Gasteiger partial charge in [-0.15, -0.1) is 0 Å². The van der Waals surface area contributed by atoms with E-state index < -0.39 is 17.8 Å². The number of furan rings is 1. The summed E-state index contributed by atoms with van der Waals surface area (Å²) in [5, 5.41) is 3.02. The number of esters is 1. The first-order valence-corrected chi connectivity index (χ1v) is 8.83. The maximum absolute atomic E-state index is 12.2. The minimum Gasteiger partial charge on any atom is -0.484 e. The Morgan fingerprint density at radius 1 is 1.14 bits per heavy atom. The van der Waals surface area contributed by atoms with Gasteiger partial charge in [0.1, 0.15) is 22.6 Å². The summed E-state index contributed by atoms with van der Waals surface area (Å²) in [6, 6.07) is 3.40. The second-order valence-corrected chi connectivity index (χ2v) is 6.41. The summed E-state index contributed by atoms with van der Waals surface area (Å²) in [5.41, 5.74) is 6.61. The molecule has 1 aromatic carbocycles. The van der Waals surface area contributed by atoms with Crippen LogP contribution in [0.3, 0.4) is 0 Å². The van der Waals surface area contributed by atoms with Crippen LogP contribution in [0, 0.1) is 20.8 Å². The maximum Gasteiger partial charge on any atom is 0.342 e. The molecule has 1 heterocycles. The van der Waals surface area contributed by atoms with Crippen LogP contribution in [0.5, 0.6) is 5.75 Å². The van der Waals surface area contributed by atoms with Crippen LogP contribution in [0.15, 0.2) is 16.5 Å². The number of carbonyl (C=O) groups excluding carboxylic acids is 3. The Balaban J connectivity index is 2.17. The minimum atomic E-state index is -0.930. The third-order valence-corrected chi connectivity index (χ3v) is 4.44. The van der Waals surface area contributed by atoms with E-state index in [2.05, 4.69) is 5.32 Å². The van der Waals surface area contributed by atoms with E-state index >= 15 is 0 Å². The van der Waals surface area contributed by atoms with Crippen molar-refractivity contribution in [3.63, 3.8) is 0 Å². The van der Waals surface area contributed by atoms with Crippen molar-refractivity contribution in [3.8, 4) is 5.75 Å². The lowest BCUT2D eigenvalue weighted by atomic mass is 10.1. The number of amides is 2. The molecule has 0 aliphatic carbocycles. The molecule has 0 aliphatic rings. The molecule has 2 amide bonds. The number of nitrogens with one attached hydrogen (secondary N) is 1. The van der Waals surface area contributed by atoms with Crippen molar-refractivity contribution in [1.29, 1.82) is 0 Å². The van der Waals surface area contributed by atoms with Gasteiger partial charge in [-0.2, -0.15) is 0 Å². The van der Waals surface area contributed by atoms with Crippen LogP contribution in [0.1, 0.15) is 44.5 Å². The van der Waals surface area contributed by atoms with Crippen molar-refractivity contribution in [2.45, 2.75) is 27.7 Å². The van der Waals surface area contributed by atoms with Crippen LogP contribution in [0.4, 0.5) is 5.88 Å². The van der Waals surface area contributed by atoms with Gasteiger partial charge in [0.05, 0.1) is 6.61 Å². The van der Waals surface area contributed by atoms with E-state index in [1.807, 2.05) is 13.8 Å². The topological polar surface area (TPSA) is 121 Å². The fraction of sp³-hybridized carbons (Fsp3) is 0.316. The molecule has 0 saturated carbocycles. The number of halogens is 1. The van der Waals surface area contributed by atoms with Crippen molar-refractivity contribution in [2.75, 3.05) is 18.5 Å². The Hall–Kier alpha value is -3.00. The Morgan fingerprint density at radius 2 is 1.75 bits per heavy atom. The highest BCUT2D eigenvalue weighted by atomic mass is 35.5. The summed E-state index contributed by atoms with van der Waals surface area (Å²) in [7, 11) is 0. The van der Waals surface area contributed by atoms with Gasteiger partial charge in [-0.1, -0.05) is 11.6 Å². The van der Waals surface area contributed by atoms with Gasteiger partial charge in [0.2, 0.25) is 5.88 Å². The first-order valence-electron chi connectivity index (χ1n) is 8.45. The van der Waals surface area contributed by atoms with E-state index in [0.717, 1.165) is 11.1 Å². The lowest BCUT2D eigenvalue weighted by Gasteiger charge is -2.10. The second-order valence-electron chi connectivity index (χ2n) is 6.03. The predicted octanol–water partition coefficient (Wildman–Crippen LogP) is 3.15. The molecule has 0 spiro atoms. The summed E-state index contributed by atoms with van der Waals surface area (Å²) in [6.07, 6.45) is 0. The third-order valence-electron chi connectivity index (χ3n) is 3.84. The van der Waals surface area contributed by atoms with Gasteiger partial charge in [-0.3, -0.25) is 14.9 Å². The molecule has 0 aliphatic heterocycles. The van der Waals surface area contributed by atoms with E-state index in [1.165, 1.54) is 6.92 Å². The quantitative estimate of drug-likeness (QED) is 0.679. The number of aryl methyl sites for hydroxylation is 3. The largest absolute Gasteiger partial charge is 0.484 e. The molecule has 9 heteroatoms. The number of benzene rings is 1. The summed E-state index contributed by atoms with van der Waals surface area (Å²) < 4.78 is 15.7. The van der Waals surface area contributed by atoms with Gasteiger partial charge >= 0.3 is 5.97 Å². The number of anilines is 1. The number of primary amides is 1. The van der Waals surface area contributed by atoms with E-state index in [1.54, 1.807) is 19.1 Å². The monoisotopic (exact) mass is 408 g/mol. The van der Waals surface area contributed by atoms with Crippen LogP contribution >= 0.6 is 11.6 Å². The molecule has 3 N–H and O–H groups in total. The van der Waals surface area contributed by atoms with E-state index in [0.29, 0.717) is 10.8 Å². The van der Waals surface area contributed by atoms with E-state index in [-0.39, 0.29) is 36.0 Å². The zero-order valence-corrected chi connectivity index (χ0v) is 16.7. The van der Waals surface area contributed by atoms with E-state index in [4.69, 9.17) is 31.2 Å². The number of rotatable bonds is 7. The van der Waals surface area contributed by atoms with Crippen molar-refractivity contribution in [1.82, 2.24) is 0 Å². The summed E-state index contributed by atoms with van der Waals surface area (Å²) in [5.74, 6) is -1.96. The molecular weight excluding hydrogens is 388 g/mol. The number of hydrogen-bond donors (Lipinski definition) is 2. The Bertz CT molecular complexity index is 912. The average Bonchev–Trinajstić information content (AvgIpc) is 2.94. The molecule has 0 saturated heterocycles. The standard InChI is InChI=1S/C19H21ClN2O6/c1-5-26-19(25)14-11(4)28-18(15(14)17(21)24)22-13(23)8-27-12-6-9(2)16(20)10(3)7-12/h6-7H,5,8H2,1-4H3,(H2,21,24)(H,22,23). The molecule has 0 unspecified atom stereocenters. The first kappa shape index (κ1) is 21.3. The molecule has 150 valence electrons. The van der Waals surface area contributed by atoms with Gasteiger partial charge < -0.3 is 19.6 Å². The maximum atomic E-state index is 12.2. The molecule has 0 fully saturated rings. The zero-order chi connectivity index (χ0) is 21.0. The number of ether oxygens (including phenoxy) is 2. The summed E-state index contributed by atoms with van der Waals surface area (Å²) in [4.78, 5) is 36.1. The average molecular weight is 409 g/mol. The molecule has 2 rings (SSSR count). The fourth-order valence-electron chi connectivity index (χ4n) is 2.62. The van der Waals surface area contributed by atoms with Crippen molar-refractivity contribution < 1.29 is 28.3 Å². The normalized spacial score (nSPS) is 10.5. The van der Waals surface area contributed by atoms with Crippen molar-refractivity contribution in [3.05, 3.63) is 45.2 Å². The highest BCUT2D eigenvalue weighted by molar-refractivity contribution is 6.32. The molecule has 2 aromatic rings. The van der Waals surface area contributed by atoms with Gasteiger partial charge in [0.25, 0.3) is 11.8 Å². The summed E-state index contributed by atoms with van der Waals surface area (Å²) in [6.45, 7) is 6.49. The molecule has 28 heavy (non-hydrogen) atoms. The van der Waals surface area contributed by atoms with Gasteiger partial charge in [0.15, 0.2) is 6.61 Å². The minimum absolute atomic E-state index is 0.104. The molecule has 0 bridgehead atoms. The Labute approximate surface area is 166 Å². The van der Waals surface area contributed by atoms with E-state index in [9.17, 15) is 14.4 Å². The van der Waals surface area contributed by atoms with Gasteiger partial charge in [-0.25, -0.2) is 4.79 Å².